The first-order valence-corrected chi connectivity index (χ1v) is 8.83. The molecule has 0 unspecified atom stereocenters. The number of nitrogens with zero attached hydrogens (tertiary/aromatic N) is 5. The van der Waals surface area contributed by atoms with Crippen LogP contribution in [0.4, 0.5) is 0 Å². The molecule has 0 aliphatic heterocycles. The van der Waals surface area contributed by atoms with Crippen molar-refractivity contribution in [3.05, 3.63) is 41.4 Å². The minimum absolute atomic E-state index is 0.542. The fraction of sp³-hybridized carbons (Fsp3) is 0. The average Bonchev–Trinajstić information content (AvgIpc) is 3.48. The Morgan fingerprint density at radius 1 is 0.800 bits per heavy atom. The molecule has 8 nitrogen and oxygen atoms in total. The zero-order valence-corrected chi connectivity index (χ0v) is 14.0. The number of aromatic nitrogens is 5. The van der Waals surface area contributed by atoms with Crippen molar-refractivity contribution in [2.45, 2.75) is 0 Å². The molecule has 0 spiro atoms. The highest BCUT2D eigenvalue weighted by Crippen LogP contribution is 2.32. The van der Waals surface area contributed by atoms with E-state index in [1.165, 1.54) is 28.9 Å². The zero-order chi connectivity index (χ0) is 16.6. The van der Waals surface area contributed by atoms with E-state index in [1.54, 1.807) is 18.3 Å². The molecule has 10 heteroatoms. The molecule has 5 aromatic heterocycles. The average molecular weight is 369 g/mol. The maximum atomic E-state index is 5.38. The molecule has 0 aliphatic carbocycles. The molecule has 0 saturated heterocycles. The summed E-state index contributed by atoms with van der Waals surface area (Å²) in [6.07, 6.45) is 3.21. The first kappa shape index (κ1) is 14.3. The smallest absolute Gasteiger partial charge is 0.196 e. The highest BCUT2D eigenvalue weighted by atomic mass is 32.1. The Labute approximate surface area is 147 Å². The van der Waals surface area contributed by atoms with E-state index in [0.717, 1.165) is 5.01 Å². The van der Waals surface area contributed by atoms with Crippen LogP contribution in [0, 0.1) is 0 Å². The zero-order valence-electron chi connectivity index (χ0n) is 12.3. The van der Waals surface area contributed by atoms with Crippen LogP contribution in [0.25, 0.3) is 44.3 Å². The van der Waals surface area contributed by atoms with Crippen LogP contribution in [0.15, 0.2) is 55.0 Å². The molecule has 0 atom stereocenters. The molecule has 0 N–H and O–H groups in total. The highest BCUT2D eigenvalue weighted by molar-refractivity contribution is 7.13. The van der Waals surface area contributed by atoms with Gasteiger partial charge in [-0.25, -0.2) is 9.97 Å². The van der Waals surface area contributed by atoms with Crippen LogP contribution in [-0.4, -0.2) is 25.4 Å². The van der Waals surface area contributed by atoms with Crippen LogP contribution in [0.3, 0.4) is 0 Å². The standard InChI is InChI=1S/C15H7N5O3S2/c1-3-21-18-8(1)9-5-12(22-19-9)11-7-25-15(17-11)13-6-10(20-23-13)14-16-2-4-24-14/h1-7H. The van der Waals surface area contributed by atoms with Crippen LogP contribution in [0.2, 0.25) is 0 Å². The van der Waals surface area contributed by atoms with Gasteiger partial charge in [0.15, 0.2) is 16.5 Å². The Morgan fingerprint density at radius 3 is 2.52 bits per heavy atom. The maximum Gasteiger partial charge on any atom is 0.196 e. The summed E-state index contributed by atoms with van der Waals surface area (Å²) < 4.78 is 15.5. The Morgan fingerprint density at radius 2 is 1.68 bits per heavy atom. The molecule has 0 radical (unpaired) electrons. The lowest BCUT2D eigenvalue weighted by Gasteiger charge is -1.86. The summed E-state index contributed by atoms with van der Waals surface area (Å²) in [6, 6.07) is 5.30. The van der Waals surface area contributed by atoms with E-state index in [0.29, 0.717) is 39.3 Å². The van der Waals surface area contributed by atoms with Gasteiger partial charge in [0.2, 0.25) is 0 Å². The van der Waals surface area contributed by atoms with Crippen molar-refractivity contribution < 1.29 is 13.6 Å². The Bertz CT molecular complexity index is 1020. The second kappa shape index (κ2) is 5.76. The van der Waals surface area contributed by atoms with Crippen LogP contribution in [0.1, 0.15) is 0 Å². The molecule has 5 heterocycles. The van der Waals surface area contributed by atoms with Crippen molar-refractivity contribution in [1.82, 2.24) is 25.4 Å². The summed E-state index contributed by atoms with van der Waals surface area (Å²) in [7, 11) is 0. The quantitative estimate of drug-likeness (QED) is 0.463. The minimum atomic E-state index is 0.542. The van der Waals surface area contributed by atoms with E-state index in [-0.39, 0.29) is 0 Å². The third-order valence-corrected chi connectivity index (χ3v) is 4.99. The van der Waals surface area contributed by atoms with E-state index >= 15 is 0 Å². The lowest BCUT2D eigenvalue weighted by atomic mass is 10.2. The predicted octanol–water partition coefficient (Wildman–Crippen LogP) is 4.23. The fourth-order valence-electron chi connectivity index (χ4n) is 2.19. The van der Waals surface area contributed by atoms with Crippen molar-refractivity contribution in [1.29, 1.82) is 0 Å². The van der Waals surface area contributed by atoms with Crippen molar-refractivity contribution in [3.63, 3.8) is 0 Å². The summed E-state index contributed by atoms with van der Waals surface area (Å²) in [5.41, 5.74) is 2.54. The van der Waals surface area contributed by atoms with Gasteiger partial charge in [0, 0.05) is 35.2 Å². The normalized spacial score (nSPS) is 11.2. The van der Waals surface area contributed by atoms with E-state index < -0.39 is 0 Å². The molecule has 0 saturated carbocycles. The second-order valence-electron chi connectivity index (χ2n) is 4.91. The van der Waals surface area contributed by atoms with E-state index in [2.05, 4.69) is 25.4 Å². The lowest BCUT2D eigenvalue weighted by Crippen LogP contribution is -1.75. The molecule has 0 bridgehead atoms. The monoisotopic (exact) mass is 369 g/mol. The largest absolute Gasteiger partial charge is 0.364 e. The first-order valence-electron chi connectivity index (χ1n) is 7.07. The van der Waals surface area contributed by atoms with Gasteiger partial charge in [-0.05, 0) is 0 Å². The van der Waals surface area contributed by atoms with Crippen molar-refractivity contribution in [3.8, 4) is 44.3 Å². The first-order chi connectivity index (χ1) is 12.4. The van der Waals surface area contributed by atoms with Crippen molar-refractivity contribution in [2.24, 2.45) is 0 Å². The molecule has 25 heavy (non-hydrogen) atoms. The van der Waals surface area contributed by atoms with Crippen molar-refractivity contribution in [2.75, 3.05) is 0 Å². The van der Waals surface area contributed by atoms with Crippen LogP contribution >= 0.6 is 22.7 Å². The molecule has 0 aliphatic rings. The second-order valence-corrected chi connectivity index (χ2v) is 6.67. The molecule has 0 fully saturated rings. The number of rotatable bonds is 4. The van der Waals surface area contributed by atoms with Crippen molar-refractivity contribution >= 4 is 22.7 Å². The third kappa shape index (κ3) is 2.57. The topological polar surface area (TPSA) is 104 Å². The van der Waals surface area contributed by atoms with Gasteiger partial charge in [0.1, 0.15) is 34.0 Å². The van der Waals surface area contributed by atoms with Gasteiger partial charge in [0.25, 0.3) is 0 Å². The van der Waals surface area contributed by atoms with Gasteiger partial charge in [-0.1, -0.05) is 15.5 Å². The number of thiazole rings is 2. The van der Waals surface area contributed by atoms with Crippen LogP contribution in [0.5, 0.6) is 0 Å². The highest BCUT2D eigenvalue weighted by Gasteiger charge is 2.17. The molecule has 5 aromatic rings. The van der Waals surface area contributed by atoms with Crippen LogP contribution < -0.4 is 0 Å². The fourth-order valence-corrected chi connectivity index (χ4v) is 3.53. The maximum absolute atomic E-state index is 5.38. The van der Waals surface area contributed by atoms with Gasteiger partial charge in [-0.3, -0.25) is 0 Å². The molecule has 5 rings (SSSR count). The van der Waals surface area contributed by atoms with Gasteiger partial charge in [-0.2, -0.15) is 0 Å². The van der Waals surface area contributed by atoms with Gasteiger partial charge < -0.3 is 13.6 Å². The SMILES string of the molecule is c1csc(-c2cc(-c3nc(-c4cc(-c5ccon5)no4)cs3)on2)n1. The Hall–Kier alpha value is -3.11. The minimum Gasteiger partial charge on any atom is -0.364 e. The molecule has 0 aromatic carbocycles. The Balaban J connectivity index is 1.44. The van der Waals surface area contributed by atoms with Crippen LogP contribution in [-0.2, 0) is 0 Å². The van der Waals surface area contributed by atoms with E-state index in [4.69, 9.17) is 13.6 Å². The summed E-state index contributed by atoms with van der Waals surface area (Å²) in [6.45, 7) is 0. The van der Waals surface area contributed by atoms with Gasteiger partial charge >= 0.3 is 0 Å². The van der Waals surface area contributed by atoms with Gasteiger partial charge in [0.05, 0.1) is 0 Å². The number of hydrogen-bond acceptors (Lipinski definition) is 10. The summed E-state index contributed by atoms with van der Waals surface area (Å²) in [5.74, 6) is 1.12. The molecule has 122 valence electrons. The summed E-state index contributed by atoms with van der Waals surface area (Å²) in [4.78, 5) is 8.75. The molecular formula is C15H7N5O3S2. The predicted molar refractivity (Wildman–Crippen MR) is 89.7 cm³/mol. The van der Waals surface area contributed by atoms with E-state index in [9.17, 15) is 0 Å². The summed E-state index contributed by atoms with van der Waals surface area (Å²) >= 11 is 2.93. The lowest BCUT2D eigenvalue weighted by molar-refractivity contribution is 0.416. The molecular weight excluding hydrogens is 362 g/mol. The van der Waals surface area contributed by atoms with Gasteiger partial charge in [-0.15, -0.1) is 22.7 Å². The number of hydrogen-bond donors (Lipinski definition) is 0. The molecule has 0 amide bonds. The summed E-state index contributed by atoms with van der Waals surface area (Å²) in [5, 5.41) is 17.1. The third-order valence-electron chi connectivity index (χ3n) is 3.34. The van der Waals surface area contributed by atoms with E-state index in [1.807, 2.05) is 16.8 Å². The Kier molecular flexibility index (Phi) is 3.28.